The van der Waals surface area contributed by atoms with Gasteiger partial charge >= 0.3 is 12.1 Å². The van der Waals surface area contributed by atoms with Crippen molar-refractivity contribution in [2.75, 3.05) is 11.9 Å². The monoisotopic (exact) mass is 301 g/mol. The second-order valence-corrected chi connectivity index (χ2v) is 5.13. The van der Waals surface area contributed by atoms with Crippen molar-refractivity contribution in [3.63, 3.8) is 0 Å². The average Bonchev–Trinajstić information content (AvgIpc) is 2.25. The van der Waals surface area contributed by atoms with Crippen LogP contribution in [0.2, 0.25) is 5.15 Å². The fourth-order valence-corrected chi connectivity index (χ4v) is 1.36. The van der Waals surface area contributed by atoms with Gasteiger partial charge in [0.05, 0.1) is 6.61 Å². The molecule has 0 saturated carbocycles. The molecule has 0 aliphatic rings. The molecule has 7 nitrogen and oxygen atoms in total. The van der Waals surface area contributed by atoms with E-state index in [-0.39, 0.29) is 23.4 Å². The van der Waals surface area contributed by atoms with Crippen LogP contribution in [0.1, 0.15) is 38.2 Å². The zero-order valence-electron chi connectivity index (χ0n) is 11.7. The lowest BCUT2D eigenvalue weighted by Gasteiger charge is -2.19. The van der Waals surface area contributed by atoms with Gasteiger partial charge in [-0.25, -0.2) is 19.6 Å². The molecule has 8 heteroatoms. The van der Waals surface area contributed by atoms with Gasteiger partial charge in [-0.2, -0.15) is 0 Å². The molecule has 1 aromatic rings. The van der Waals surface area contributed by atoms with E-state index in [4.69, 9.17) is 21.1 Å². The van der Waals surface area contributed by atoms with Crippen molar-refractivity contribution in [3.05, 3.63) is 16.9 Å². The van der Waals surface area contributed by atoms with E-state index in [0.717, 1.165) is 0 Å². The van der Waals surface area contributed by atoms with Gasteiger partial charge in [0.25, 0.3) is 0 Å². The zero-order valence-corrected chi connectivity index (χ0v) is 12.4. The van der Waals surface area contributed by atoms with E-state index < -0.39 is 17.7 Å². The lowest BCUT2D eigenvalue weighted by molar-refractivity contribution is 0.0517. The molecule has 0 unspecified atom stereocenters. The van der Waals surface area contributed by atoms with E-state index in [1.807, 2.05) is 0 Å². The summed E-state index contributed by atoms with van der Waals surface area (Å²) in [6.07, 6.45) is -0.741. The summed E-state index contributed by atoms with van der Waals surface area (Å²) < 4.78 is 9.83. The van der Waals surface area contributed by atoms with Crippen LogP contribution in [0.15, 0.2) is 6.07 Å². The molecule has 0 saturated heterocycles. The van der Waals surface area contributed by atoms with Crippen LogP contribution in [0, 0.1) is 0 Å². The molecule has 0 radical (unpaired) electrons. The van der Waals surface area contributed by atoms with Crippen LogP contribution in [0.3, 0.4) is 0 Å². The van der Waals surface area contributed by atoms with Gasteiger partial charge in [0.2, 0.25) is 5.95 Å². The smallest absolute Gasteiger partial charge is 0.414 e. The minimum atomic E-state index is -0.741. The molecule has 1 rings (SSSR count). The molecule has 0 fully saturated rings. The number of hydrogen-bond donors (Lipinski definition) is 1. The zero-order chi connectivity index (χ0) is 15.3. The number of carbonyl (C=O) groups excluding carboxylic acids is 2. The Morgan fingerprint density at radius 3 is 2.55 bits per heavy atom. The quantitative estimate of drug-likeness (QED) is 0.682. The first-order chi connectivity index (χ1) is 9.21. The van der Waals surface area contributed by atoms with Gasteiger partial charge in [0, 0.05) is 6.07 Å². The lowest BCUT2D eigenvalue weighted by atomic mass is 10.2. The molecule has 1 aromatic heterocycles. The molecule has 0 aromatic carbocycles. The minimum absolute atomic E-state index is 0.00844. The molecule has 0 aliphatic carbocycles. The van der Waals surface area contributed by atoms with Crippen LogP contribution in [-0.4, -0.2) is 34.2 Å². The highest BCUT2D eigenvalue weighted by molar-refractivity contribution is 6.29. The summed E-state index contributed by atoms with van der Waals surface area (Å²) in [4.78, 5) is 30.7. The summed E-state index contributed by atoms with van der Waals surface area (Å²) in [6, 6.07) is 1.25. The van der Waals surface area contributed by atoms with Crippen molar-refractivity contribution in [3.8, 4) is 0 Å². The van der Waals surface area contributed by atoms with E-state index in [1.54, 1.807) is 27.7 Å². The van der Waals surface area contributed by atoms with E-state index >= 15 is 0 Å². The van der Waals surface area contributed by atoms with Gasteiger partial charge < -0.3 is 9.47 Å². The SMILES string of the molecule is CCOC(=O)c1cc(Cl)nc(NC(=O)OC(C)(C)C)n1. The Balaban J connectivity index is 2.86. The van der Waals surface area contributed by atoms with Crippen molar-refractivity contribution in [2.45, 2.75) is 33.3 Å². The first-order valence-electron chi connectivity index (χ1n) is 5.93. The van der Waals surface area contributed by atoms with Crippen molar-refractivity contribution in [1.29, 1.82) is 0 Å². The maximum Gasteiger partial charge on any atom is 0.414 e. The van der Waals surface area contributed by atoms with Crippen molar-refractivity contribution >= 4 is 29.6 Å². The molecule has 0 aliphatic heterocycles. The number of nitrogens with zero attached hydrogens (tertiary/aromatic N) is 2. The maximum absolute atomic E-state index is 11.6. The average molecular weight is 302 g/mol. The van der Waals surface area contributed by atoms with Crippen LogP contribution in [0.5, 0.6) is 0 Å². The Morgan fingerprint density at radius 2 is 2.00 bits per heavy atom. The van der Waals surface area contributed by atoms with Gasteiger partial charge in [-0.3, -0.25) is 5.32 Å². The first kappa shape index (κ1) is 16.2. The van der Waals surface area contributed by atoms with Gasteiger partial charge in [-0.1, -0.05) is 11.6 Å². The number of halogens is 1. The standard InChI is InChI=1S/C12H16ClN3O4/c1-5-19-9(17)7-6-8(13)15-10(14-7)16-11(18)20-12(2,3)4/h6H,5H2,1-4H3,(H,14,15,16,18). The van der Waals surface area contributed by atoms with Crippen molar-refractivity contribution in [2.24, 2.45) is 0 Å². The number of ether oxygens (including phenoxy) is 2. The van der Waals surface area contributed by atoms with Crippen LogP contribution in [-0.2, 0) is 9.47 Å². The molecule has 0 spiro atoms. The van der Waals surface area contributed by atoms with Crippen molar-refractivity contribution < 1.29 is 19.1 Å². The Morgan fingerprint density at radius 1 is 1.35 bits per heavy atom. The predicted octanol–water partition coefficient (Wildman–Crippen LogP) is 2.65. The van der Waals surface area contributed by atoms with Gasteiger partial charge in [0.1, 0.15) is 10.8 Å². The maximum atomic E-state index is 11.6. The number of amides is 1. The van der Waals surface area contributed by atoms with Gasteiger partial charge in [-0.15, -0.1) is 0 Å². The third kappa shape index (κ3) is 5.40. The third-order valence-electron chi connectivity index (χ3n) is 1.79. The van der Waals surface area contributed by atoms with E-state index in [9.17, 15) is 9.59 Å². The van der Waals surface area contributed by atoms with Crippen LogP contribution < -0.4 is 5.32 Å². The van der Waals surface area contributed by atoms with Gasteiger partial charge in [-0.05, 0) is 27.7 Å². The normalized spacial score (nSPS) is 10.8. The lowest BCUT2D eigenvalue weighted by Crippen LogP contribution is -2.28. The largest absolute Gasteiger partial charge is 0.461 e. The summed E-state index contributed by atoms with van der Waals surface area (Å²) in [7, 11) is 0. The summed E-state index contributed by atoms with van der Waals surface area (Å²) >= 11 is 5.76. The Hall–Kier alpha value is -1.89. The summed E-state index contributed by atoms with van der Waals surface area (Å²) in [5.41, 5.74) is -0.704. The Kier molecular flexibility index (Phi) is 5.26. The molecule has 110 valence electrons. The Labute approximate surface area is 121 Å². The molecule has 1 N–H and O–H groups in total. The number of aromatic nitrogens is 2. The van der Waals surface area contributed by atoms with E-state index in [2.05, 4.69) is 15.3 Å². The topological polar surface area (TPSA) is 90.4 Å². The summed E-state index contributed by atoms with van der Waals surface area (Å²) in [5.74, 6) is -0.779. The fourth-order valence-electron chi connectivity index (χ4n) is 1.18. The number of anilines is 1. The van der Waals surface area contributed by atoms with Crippen molar-refractivity contribution in [1.82, 2.24) is 9.97 Å². The second-order valence-electron chi connectivity index (χ2n) is 4.75. The minimum Gasteiger partial charge on any atom is -0.461 e. The van der Waals surface area contributed by atoms with E-state index in [1.165, 1.54) is 6.07 Å². The summed E-state index contributed by atoms with van der Waals surface area (Å²) in [6.45, 7) is 7.02. The van der Waals surface area contributed by atoms with Crippen LogP contribution in [0.25, 0.3) is 0 Å². The number of carbonyl (C=O) groups is 2. The number of rotatable bonds is 3. The number of esters is 1. The molecule has 20 heavy (non-hydrogen) atoms. The Bertz CT molecular complexity index is 514. The second kappa shape index (κ2) is 6.51. The highest BCUT2D eigenvalue weighted by Gasteiger charge is 2.18. The molecular weight excluding hydrogens is 286 g/mol. The third-order valence-corrected chi connectivity index (χ3v) is 1.99. The predicted molar refractivity (Wildman–Crippen MR) is 72.9 cm³/mol. The van der Waals surface area contributed by atoms with Gasteiger partial charge in [0.15, 0.2) is 5.69 Å². The highest BCUT2D eigenvalue weighted by Crippen LogP contribution is 2.13. The fraction of sp³-hybridized carbons (Fsp3) is 0.500. The summed E-state index contributed by atoms with van der Waals surface area (Å²) in [5, 5.41) is 2.31. The molecule has 0 atom stereocenters. The molecular formula is C12H16ClN3O4. The molecule has 1 amide bonds. The molecule has 0 bridgehead atoms. The number of hydrogen-bond acceptors (Lipinski definition) is 6. The first-order valence-corrected chi connectivity index (χ1v) is 6.31. The van der Waals surface area contributed by atoms with E-state index in [0.29, 0.717) is 0 Å². The van der Waals surface area contributed by atoms with Crippen LogP contribution >= 0.6 is 11.6 Å². The number of nitrogens with one attached hydrogen (secondary N) is 1. The highest BCUT2D eigenvalue weighted by atomic mass is 35.5. The van der Waals surface area contributed by atoms with Crippen LogP contribution in [0.4, 0.5) is 10.7 Å². The molecule has 1 heterocycles.